The van der Waals surface area contributed by atoms with Gasteiger partial charge in [-0.2, -0.15) is 0 Å². The van der Waals surface area contributed by atoms with Crippen LogP contribution >= 0.6 is 11.6 Å². The van der Waals surface area contributed by atoms with Gasteiger partial charge < -0.3 is 10.1 Å². The topological polar surface area (TPSA) is 51.2 Å². The van der Waals surface area contributed by atoms with Gasteiger partial charge in [-0.1, -0.05) is 35.9 Å². The average molecular weight is 353 g/mol. The summed E-state index contributed by atoms with van der Waals surface area (Å²) in [4.78, 5) is 16.6. The summed E-state index contributed by atoms with van der Waals surface area (Å²) in [6, 6.07) is 16.7. The number of aromatic nitrogens is 1. The van der Waals surface area contributed by atoms with Crippen LogP contribution in [0.1, 0.15) is 12.6 Å². The standard InChI is InChI=1S/C20H17ClN2O2/c1-2-25-19-6-4-3-5-17(19)23-20(24)12-11-16-10-8-14-7-9-15(21)13-18(14)22-16/h3-13H,2H2,1H3,(H,23,24). The molecule has 0 unspecified atom stereocenters. The van der Waals surface area contributed by atoms with Gasteiger partial charge in [0.25, 0.3) is 0 Å². The number of hydrogen-bond acceptors (Lipinski definition) is 3. The van der Waals surface area contributed by atoms with Crippen LogP contribution in [0.5, 0.6) is 5.75 Å². The number of hydrogen-bond donors (Lipinski definition) is 1. The predicted molar refractivity (Wildman–Crippen MR) is 102 cm³/mol. The van der Waals surface area contributed by atoms with Crippen LogP contribution < -0.4 is 10.1 Å². The Balaban J connectivity index is 1.74. The summed E-state index contributed by atoms with van der Waals surface area (Å²) in [6.45, 7) is 2.43. The number of benzene rings is 2. The second-order valence-corrected chi connectivity index (χ2v) is 5.76. The number of carbonyl (C=O) groups excluding carboxylic acids is 1. The van der Waals surface area contributed by atoms with Crippen LogP contribution in [0, 0.1) is 0 Å². The van der Waals surface area contributed by atoms with Crippen LogP contribution in [-0.4, -0.2) is 17.5 Å². The normalized spacial score (nSPS) is 11.0. The quantitative estimate of drug-likeness (QED) is 0.662. The molecule has 1 N–H and O–H groups in total. The van der Waals surface area contributed by atoms with Crippen molar-refractivity contribution in [2.24, 2.45) is 0 Å². The molecule has 1 aromatic heterocycles. The largest absolute Gasteiger partial charge is 0.492 e. The molecule has 0 aliphatic carbocycles. The minimum Gasteiger partial charge on any atom is -0.492 e. The Morgan fingerprint density at radius 3 is 2.84 bits per heavy atom. The number of amides is 1. The highest BCUT2D eigenvalue weighted by atomic mass is 35.5. The van der Waals surface area contributed by atoms with Crippen molar-refractivity contribution >= 4 is 40.2 Å². The molecule has 5 heteroatoms. The van der Waals surface area contributed by atoms with E-state index in [1.54, 1.807) is 18.2 Å². The van der Waals surface area contributed by atoms with Crippen LogP contribution in [0.25, 0.3) is 17.0 Å². The van der Waals surface area contributed by atoms with E-state index >= 15 is 0 Å². The first kappa shape index (κ1) is 17.0. The van der Waals surface area contributed by atoms with Crippen molar-refractivity contribution in [2.75, 3.05) is 11.9 Å². The summed E-state index contributed by atoms with van der Waals surface area (Å²) < 4.78 is 5.50. The van der Waals surface area contributed by atoms with Crippen LogP contribution in [0.15, 0.2) is 60.7 Å². The highest BCUT2D eigenvalue weighted by Gasteiger charge is 2.05. The number of fused-ring (bicyclic) bond motifs is 1. The van der Waals surface area contributed by atoms with Crippen molar-refractivity contribution in [2.45, 2.75) is 6.92 Å². The fourth-order valence-corrected chi connectivity index (χ4v) is 2.55. The molecule has 0 spiro atoms. The SMILES string of the molecule is CCOc1ccccc1NC(=O)C=Cc1ccc2ccc(Cl)cc2n1. The number of ether oxygens (including phenoxy) is 1. The number of rotatable bonds is 5. The third-order valence-electron chi connectivity index (χ3n) is 3.53. The highest BCUT2D eigenvalue weighted by molar-refractivity contribution is 6.31. The fourth-order valence-electron chi connectivity index (χ4n) is 2.39. The van der Waals surface area contributed by atoms with Crippen molar-refractivity contribution in [3.05, 3.63) is 71.4 Å². The minimum absolute atomic E-state index is 0.250. The highest BCUT2D eigenvalue weighted by Crippen LogP contribution is 2.23. The predicted octanol–water partition coefficient (Wildman–Crippen LogP) is 4.94. The maximum atomic E-state index is 12.2. The van der Waals surface area contributed by atoms with Crippen molar-refractivity contribution in [3.63, 3.8) is 0 Å². The lowest BCUT2D eigenvalue weighted by Gasteiger charge is -2.09. The zero-order valence-electron chi connectivity index (χ0n) is 13.7. The van der Waals surface area contributed by atoms with Gasteiger partial charge in [0.05, 0.1) is 23.5 Å². The van der Waals surface area contributed by atoms with Gasteiger partial charge in [-0.05, 0) is 43.3 Å². The van der Waals surface area contributed by atoms with Gasteiger partial charge in [-0.15, -0.1) is 0 Å². The number of pyridine rings is 1. The average Bonchev–Trinajstić information content (AvgIpc) is 2.61. The van der Waals surface area contributed by atoms with Crippen LogP contribution in [0.3, 0.4) is 0 Å². The van der Waals surface area contributed by atoms with Crippen molar-refractivity contribution in [1.82, 2.24) is 4.98 Å². The van der Waals surface area contributed by atoms with Crippen LogP contribution in [0.4, 0.5) is 5.69 Å². The molecule has 3 aromatic rings. The zero-order valence-corrected chi connectivity index (χ0v) is 14.5. The molecular weight excluding hydrogens is 336 g/mol. The molecule has 0 saturated carbocycles. The van der Waals surface area contributed by atoms with Crippen LogP contribution in [0.2, 0.25) is 5.02 Å². The number of anilines is 1. The van der Waals surface area contributed by atoms with E-state index < -0.39 is 0 Å². The molecule has 2 aromatic carbocycles. The van der Waals surface area contributed by atoms with Crippen molar-refractivity contribution < 1.29 is 9.53 Å². The van der Waals surface area contributed by atoms with E-state index in [1.807, 2.05) is 49.4 Å². The molecule has 0 aliphatic rings. The molecule has 0 fully saturated rings. The van der Waals surface area contributed by atoms with Crippen molar-refractivity contribution in [1.29, 1.82) is 0 Å². The minimum atomic E-state index is -0.250. The van der Waals surface area contributed by atoms with E-state index in [2.05, 4.69) is 10.3 Å². The number of nitrogens with one attached hydrogen (secondary N) is 1. The molecule has 0 bridgehead atoms. The Morgan fingerprint density at radius 1 is 1.20 bits per heavy atom. The fraction of sp³-hybridized carbons (Fsp3) is 0.100. The van der Waals surface area contributed by atoms with E-state index in [9.17, 15) is 4.79 Å². The number of halogens is 1. The summed E-state index contributed by atoms with van der Waals surface area (Å²) in [5.41, 5.74) is 2.11. The monoisotopic (exact) mass is 352 g/mol. The second kappa shape index (κ2) is 7.81. The van der Waals surface area contributed by atoms with Gasteiger partial charge in [0.15, 0.2) is 0 Å². The van der Waals surface area contributed by atoms with Crippen molar-refractivity contribution in [3.8, 4) is 5.75 Å². The Kier molecular flexibility index (Phi) is 5.31. The molecule has 0 atom stereocenters. The lowest BCUT2D eigenvalue weighted by molar-refractivity contribution is -0.111. The number of nitrogens with zero attached hydrogens (tertiary/aromatic N) is 1. The van der Waals surface area contributed by atoms with Gasteiger partial charge in [0.1, 0.15) is 5.75 Å². The first-order valence-corrected chi connectivity index (χ1v) is 8.30. The molecule has 0 radical (unpaired) electrons. The molecule has 3 rings (SSSR count). The Bertz CT molecular complexity index is 938. The lowest BCUT2D eigenvalue weighted by atomic mass is 10.2. The molecule has 126 valence electrons. The third kappa shape index (κ3) is 4.37. The van der Waals surface area contributed by atoms with Gasteiger partial charge in [0.2, 0.25) is 5.91 Å². The van der Waals surface area contributed by atoms with E-state index in [0.717, 1.165) is 10.9 Å². The molecule has 0 aliphatic heterocycles. The van der Waals surface area contributed by atoms with E-state index in [4.69, 9.17) is 16.3 Å². The third-order valence-corrected chi connectivity index (χ3v) is 3.76. The molecule has 0 saturated heterocycles. The molecule has 1 amide bonds. The summed E-state index contributed by atoms with van der Waals surface area (Å²) in [5, 5.41) is 4.44. The maximum Gasteiger partial charge on any atom is 0.248 e. The number of para-hydroxylation sites is 2. The lowest BCUT2D eigenvalue weighted by Crippen LogP contribution is -2.09. The van der Waals surface area contributed by atoms with E-state index in [-0.39, 0.29) is 5.91 Å². The Labute approximate surface area is 151 Å². The second-order valence-electron chi connectivity index (χ2n) is 5.32. The van der Waals surface area contributed by atoms with Gasteiger partial charge in [-0.3, -0.25) is 4.79 Å². The Morgan fingerprint density at radius 2 is 2.00 bits per heavy atom. The zero-order chi connectivity index (χ0) is 17.6. The molecule has 4 nitrogen and oxygen atoms in total. The molecule has 1 heterocycles. The van der Waals surface area contributed by atoms with Gasteiger partial charge in [0, 0.05) is 16.5 Å². The Hall–Kier alpha value is -2.85. The molecular formula is C20H17ClN2O2. The number of carbonyl (C=O) groups is 1. The maximum absolute atomic E-state index is 12.2. The van der Waals surface area contributed by atoms with Crippen LogP contribution in [-0.2, 0) is 4.79 Å². The van der Waals surface area contributed by atoms with Gasteiger partial charge in [-0.25, -0.2) is 4.98 Å². The first-order chi connectivity index (χ1) is 12.2. The summed E-state index contributed by atoms with van der Waals surface area (Å²) in [6.07, 6.45) is 3.11. The van der Waals surface area contributed by atoms with E-state index in [1.165, 1.54) is 6.08 Å². The summed E-state index contributed by atoms with van der Waals surface area (Å²) in [5.74, 6) is 0.394. The molecule has 25 heavy (non-hydrogen) atoms. The summed E-state index contributed by atoms with van der Waals surface area (Å²) in [7, 11) is 0. The first-order valence-electron chi connectivity index (χ1n) is 7.93. The van der Waals surface area contributed by atoms with E-state index in [0.29, 0.717) is 28.8 Å². The smallest absolute Gasteiger partial charge is 0.248 e. The van der Waals surface area contributed by atoms with Gasteiger partial charge >= 0.3 is 0 Å². The summed E-state index contributed by atoms with van der Waals surface area (Å²) >= 11 is 6.00.